The Balaban J connectivity index is 1.54. The second kappa shape index (κ2) is 4.98. The van der Waals surface area contributed by atoms with Crippen LogP contribution < -0.4 is 10.2 Å². The van der Waals surface area contributed by atoms with Crippen molar-refractivity contribution in [2.24, 2.45) is 0 Å². The molecule has 5 heteroatoms. The number of aromatic nitrogens is 3. The lowest BCUT2D eigenvalue weighted by Gasteiger charge is -2.39. The molecule has 108 valence electrons. The molecule has 1 aliphatic carbocycles. The van der Waals surface area contributed by atoms with Crippen molar-refractivity contribution in [1.29, 1.82) is 0 Å². The van der Waals surface area contributed by atoms with Gasteiger partial charge in [-0.2, -0.15) is 4.98 Å². The molecule has 0 atom stereocenters. The largest absolute Gasteiger partial charge is 0.373 e. The average molecular weight is 281 g/mol. The van der Waals surface area contributed by atoms with E-state index < -0.39 is 0 Å². The number of pyridine rings is 1. The maximum atomic E-state index is 4.77. The molecule has 0 radical (unpaired) electrons. The minimum absolute atomic E-state index is 0.572. The Morgan fingerprint density at radius 1 is 1.14 bits per heavy atom. The molecule has 0 amide bonds. The van der Waals surface area contributed by atoms with Crippen LogP contribution in [0.4, 0.5) is 11.8 Å². The minimum Gasteiger partial charge on any atom is -0.373 e. The standard InChI is InChI=1S/C16H19N5/c1-17-15-13-3-2-4-14(13)19-16(20-15)21-9-12(10-21)11-5-7-18-8-6-11/h5-8,12H,2-4,9-10H2,1H3,(H,17,19,20). The SMILES string of the molecule is CNc1nc(N2CC(c3ccncc3)C2)nc2c1CCC2. The highest BCUT2D eigenvalue weighted by atomic mass is 15.3. The van der Waals surface area contributed by atoms with E-state index in [1.807, 2.05) is 19.4 Å². The highest BCUT2D eigenvalue weighted by Crippen LogP contribution is 2.33. The van der Waals surface area contributed by atoms with Crippen LogP contribution in [0.5, 0.6) is 0 Å². The Labute approximate surface area is 124 Å². The van der Waals surface area contributed by atoms with Gasteiger partial charge in [0.25, 0.3) is 0 Å². The molecule has 0 aromatic carbocycles. The maximum absolute atomic E-state index is 4.77. The minimum atomic E-state index is 0.572. The van der Waals surface area contributed by atoms with Gasteiger partial charge in [0.1, 0.15) is 5.82 Å². The Morgan fingerprint density at radius 2 is 1.95 bits per heavy atom. The smallest absolute Gasteiger partial charge is 0.227 e. The number of nitrogens with zero attached hydrogens (tertiary/aromatic N) is 4. The first-order valence-electron chi connectivity index (χ1n) is 7.57. The van der Waals surface area contributed by atoms with Crippen LogP contribution in [0.15, 0.2) is 24.5 Å². The van der Waals surface area contributed by atoms with Gasteiger partial charge in [-0.25, -0.2) is 4.98 Å². The van der Waals surface area contributed by atoms with E-state index in [1.165, 1.54) is 23.2 Å². The van der Waals surface area contributed by atoms with Crippen molar-refractivity contribution >= 4 is 11.8 Å². The highest BCUT2D eigenvalue weighted by Gasteiger charge is 2.31. The number of hydrogen-bond donors (Lipinski definition) is 1. The fourth-order valence-electron chi connectivity index (χ4n) is 3.26. The lowest BCUT2D eigenvalue weighted by atomic mass is 9.93. The van der Waals surface area contributed by atoms with Crippen molar-refractivity contribution in [3.63, 3.8) is 0 Å². The van der Waals surface area contributed by atoms with Crippen molar-refractivity contribution in [2.45, 2.75) is 25.2 Å². The molecule has 2 aliphatic rings. The third-order valence-electron chi connectivity index (χ3n) is 4.50. The molecule has 0 unspecified atom stereocenters. The van der Waals surface area contributed by atoms with E-state index in [2.05, 4.69) is 27.3 Å². The Bertz CT molecular complexity index is 649. The van der Waals surface area contributed by atoms with Gasteiger partial charge >= 0.3 is 0 Å². The number of anilines is 2. The van der Waals surface area contributed by atoms with E-state index in [-0.39, 0.29) is 0 Å². The van der Waals surface area contributed by atoms with Crippen LogP contribution in [0.1, 0.15) is 29.2 Å². The monoisotopic (exact) mass is 281 g/mol. The summed E-state index contributed by atoms with van der Waals surface area (Å²) in [5, 5.41) is 3.23. The van der Waals surface area contributed by atoms with Gasteiger partial charge in [-0.15, -0.1) is 0 Å². The van der Waals surface area contributed by atoms with Gasteiger partial charge < -0.3 is 10.2 Å². The van der Waals surface area contributed by atoms with Crippen LogP contribution in [-0.2, 0) is 12.8 Å². The molecule has 2 aromatic heterocycles. The van der Waals surface area contributed by atoms with Gasteiger partial charge in [0.15, 0.2) is 0 Å². The fraction of sp³-hybridized carbons (Fsp3) is 0.438. The normalized spacial score (nSPS) is 17.5. The molecule has 5 nitrogen and oxygen atoms in total. The lowest BCUT2D eigenvalue weighted by molar-refractivity contribution is 0.513. The van der Waals surface area contributed by atoms with Gasteiger partial charge in [0, 0.05) is 44.0 Å². The summed E-state index contributed by atoms with van der Waals surface area (Å²) in [6.07, 6.45) is 7.11. The summed E-state index contributed by atoms with van der Waals surface area (Å²) in [5.74, 6) is 2.47. The summed E-state index contributed by atoms with van der Waals surface area (Å²) in [6, 6.07) is 4.20. The van der Waals surface area contributed by atoms with Crippen molar-refractivity contribution in [1.82, 2.24) is 15.0 Å². The van der Waals surface area contributed by atoms with Gasteiger partial charge in [-0.05, 0) is 37.0 Å². The Kier molecular flexibility index (Phi) is 2.98. The average Bonchev–Trinajstić information content (AvgIpc) is 2.94. The summed E-state index contributed by atoms with van der Waals surface area (Å²) >= 11 is 0. The molecule has 1 N–H and O–H groups in total. The molecule has 0 saturated carbocycles. The maximum Gasteiger partial charge on any atom is 0.227 e. The topological polar surface area (TPSA) is 53.9 Å². The molecule has 0 spiro atoms. The summed E-state index contributed by atoms with van der Waals surface area (Å²) in [7, 11) is 1.95. The Hall–Kier alpha value is -2.17. The van der Waals surface area contributed by atoms with E-state index in [1.54, 1.807) is 0 Å². The van der Waals surface area contributed by atoms with E-state index in [0.717, 1.165) is 37.7 Å². The zero-order chi connectivity index (χ0) is 14.2. The zero-order valence-corrected chi connectivity index (χ0v) is 12.2. The molecule has 0 bridgehead atoms. The highest BCUT2D eigenvalue weighted by molar-refractivity contribution is 5.54. The van der Waals surface area contributed by atoms with Crippen LogP contribution in [-0.4, -0.2) is 35.1 Å². The molecule has 1 fully saturated rings. The van der Waals surface area contributed by atoms with E-state index in [4.69, 9.17) is 9.97 Å². The van der Waals surface area contributed by atoms with Gasteiger partial charge in [0.2, 0.25) is 5.95 Å². The van der Waals surface area contributed by atoms with Crippen molar-refractivity contribution in [3.8, 4) is 0 Å². The first-order chi connectivity index (χ1) is 10.3. The number of rotatable bonds is 3. The van der Waals surface area contributed by atoms with E-state index in [0.29, 0.717) is 5.92 Å². The zero-order valence-electron chi connectivity index (χ0n) is 12.2. The van der Waals surface area contributed by atoms with Crippen LogP contribution in [0, 0.1) is 0 Å². The number of aryl methyl sites for hydroxylation is 1. The molecule has 21 heavy (non-hydrogen) atoms. The van der Waals surface area contributed by atoms with Gasteiger partial charge in [-0.1, -0.05) is 0 Å². The van der Waals surface area contributed by atoms with Crippen LogP contribution in [0.2, 0.25) is 0 Å². The summed E-state index contributed by atoms with van der Waals surface area (Å²) in [4.78, 5) is 15.8. The van der Waals surface area contributed by atoms with Crippen LogP contribution >= 0.6 is 0 Å². The van der Waals surface area contributed by atoms with Gasteiger partial charge in [0.05, 0.1) is 5.69 Å². The molecule has 3 heterocycles. The third-order valence-corrected chi connectivity index (χ3v) is 4.50. The molecule has 1 aliphatic heterocycles. The first-order valence-corrected chi connectivity index (χ1v) is 7.57. The molecule has 4 rings (SSSR count). The predicted octanol–water partition coefficient (Wildman–Crippen LogP) is 2.01. The first kappa shape index (κ1) is 12.6. The van der Waals surface area contributed by atoms with Crippen LogP contribution in [0.25, 0.3) is 0 Å². The quantitative estimate of drug-likeness (QED) is 0.932. The molecule has 2 aromatic rings. The van der Waals surface area contributed by atoms with Crippen molar-refractivity contribution < 1.29 is 0 Å². The third kappa shape index (κ3) is 2.13. The predicted molar refractivity (Wildman–Crippen MR) is 82.8 cm³/mol. The van der Waals surface area contributed by atoms with Crippen molar-refractivity contribution in [2.75, 3.05) is 30.4 Å². The summed E-state index contributed by atoms with van der Waals surface area (Å²) in [5.41, 5.74) is 3.90. The van der Waals surface area contributed by atoms with E-state index >= 15 is 0 Å². The Morgan fingerprint density at radius 3 is 2.71 bits per heavy atom. The lowest BCUT2D eigenvalue weighted by Crippen LogP contribution is -2.46. The van der Waals surface area contributed by atoms with E-state index in [9.17, 15) is 0 Å². The number of nitrogens with one attached hydrogen (secondary N) is 1. The summed E-state index contributed by atoms with van der Waals surface area (Å²) < 4.78 is 0. The summed E-state index contributed by atoms with van der Waals surface area (Å²) in [6.45, 7) is 1.98. The second-order valence-electron chi connectivity index (χ2n) is 5.78. The van der Waals surface area contributed by atoms with Gasteiger partial charge in [-0.3, -0.25) is 4.98 Å². The molecular weight excluding hydrogens is 262 g/mol. The number of fused-ring (bicyclic) bond motifs is 1. The fourth-order valence-corrected chi connectivity index (χ4v) is 3.26. The van der Waals surface area contributed by atoms with Crippen molar-refractivity contribution in [3.05, 3.63) is 41.3 Å². The molecule has 1 saturated heterocycles. The van der Waals surface area contributed by atoms with Crippen LogP contribution in [0.3, 0.4) is 0 Å². The second-order valence-corrected chi connectivity index (χ2v) is 5.78. The number of hydrogen-bond acceptors (Lipinski definition) is 5. The molecular formula is C16H19N5.